The van der Waals surface area contributed by atoms with Crippen LogP contribution in [0.15, 0.2) is 36.9 Å². The van der Waals surface area contributed by atoms with E-state index in [4.69, 9.17) is 5.73 Å². The molecule has 0 spiro atoms. The van der Waals surface area contributed by atoms with E-state index in [0.29, 0.717) is 13.1 Å². The maximum atomic E-state index is 11.9. The fourth-order valence-electron chi connectivity index (χ4n) is 2.09. The summed E-state index contributed by atoms with van der Waals surface area (Å²) < 4.78 is 1.76. The topological polar surface area (TPSA) is 85.8 Å². The molecule has 2 aromatic rings. The number of nitrogens with two attached hydrogens (primary N) is 1. The second kappa shape index (κ2) is 7.58. The van der Waals surface area contributed by atoms with E-state index in [1.807, 2.05) is 24.3 Å². The Labute approximate surface area is 141 Å². The summed E-state index contributed by atoms with van der Waals surface area (Å²) in [5.74, 6) is -0.0620. The van der Waals surface area contributed by atoms with Crippen molar-refractivity contribution < 1.29 is 4.79 Å². The molecule has 1 aliphatic rings. The van der Waals surface area contributed by atoms with Gasteiger partial charge in [0, 0.05) is 6.54 Å². The van der Waals surface area contributed by atoms with E-state index in [0.717, 1.165) is 24.0 Å². The molecule has 6 nitrogen and oxygen atoms in total. The van der Waals surface area contributed by atoms with E-state index in [1.54, 1.807) is 11.0 Å². The molecule has 3 rings (SSSR count). The lowest BCUT2D eigenvalue weighted by Gasteiger charge is -2.13. The van der Waals surface area contributed by atoms with Crippen LogP contribution in [0.1, 0.15) is 24.0 Å². The van der Waals surface area contributed by atoms with Gasteiger partial charge in [0.2, 0.25) is 5.91 Å². The molecule has 3 N–H and O–H groups in total. The average Bonchev–Trinajstić information content (AvgIpc) is 3.00. The fourth-order valence-corrected chi connectivity index (χ4v) is 2.09. The number of aromatic nitrogens is 3. The molecule has 1 heterocycles. The zero-order valence-corrected chi connectivity index (χ0v) is 13.6. The third-order valence-electron chi connectivity index (χ3n) is 3.60. The fraction of sp³-hybridized carbons (Fsp3) is 0.357. The van der Waals surface area contributed by atoms with Crippen molar-refractivity contribution in [2.45, 2.75) is 31.5 Å². The number of halogens is 2. The van der Waals surface area contributed by atoms with Crippen molar-refractivity contribution >= 4 is 30.7 Å². The summed E-state index contributed by atoms with van der Waals surface area (Å²) in [5, 5.41) is 7.01. The normalized spacial score (nSPS) is 14.4. The molecule has 1 saturated carbocycles. The van der Waals surface area contributed by atoms with Crippen molar-refractivity contribution in [3.05, 3.63) is 48.0 Å². The quantitative estimate of drug-likeness (QED) is 0.856. The van der Waals surface area contributed by atoms with Gasteiger partial charge in [-0.2, -0.15) is 5.10 Å². The van der Waals surface area contributed by atoms with Crippen molar-refractivity contribution in [1.82, 2.24) is 20.1 Å². The summed E-state index contributed by atoms with van der Waals surface area (Å²) >= 11 is 0. The minimum Gasteiger partial charge on any atom is -0.350 e. The highest BCUT2D eigenvalue weighted by atomic mass is 35.5. The van der Waals surface area contributed by atoms with Gasteiger partial charge in [-0.1, -0.05) is 24.3 Å². The van der Waals surface area contributed by atoms with Crippen molar-refractivity contribution in [3.63, 3.8) is 0 Å². The predicted octanol–water partition coefficient (Wildman–Crippen LogP) is 1.28. The lowest BCUT2D eigenvalue weighted by Crippen LogP contribution is -2.42. The van der Waals surface area contributed by atoms with Gasteiger partial charge in [-0.25, -0.2) is 9.67 Å². The summed E-state index contributed by atoms with van der Waals surface area (Å²) in [6.07, 6.45) is 4.74. The molecule has 0 saturated heterocycles. The molecule has 1 amide bonds. The maximum absolute atomic E-state index is 11.9. The first kappa shape index (κ1) is 18.4. The van der Waals surface area contributed by atoms with Gasteiger partial charge in [-0.15, -0.1) is 24.8 Å². The molecule has 1 fully saturated rings. The molecule has 120 valence electrons. The molecule has 0 unspecified atom stereocenters. The summed E-state index contributed by atoms with van der Waals surface area (Å²) in [4.78, 5) is 15.8. The Morgan fingerprint density at radius 2 is 1.95 bits per heavy atom. The lowest BCUT2D eigenvalue weighted by atomic mass is 10.1. The Balaban J connectivity index is 0.00000121. The van der Waals surface area contributed by atoms with Gasteiger partial charge in [0.15, 0.2) is 0 Å². The number of benzene rings is 1. The second-order valence-corrected chi connectivity index (χ2v) is 5.20. The van der Waals surface area contributed by atoms with Crippen LogP contribution < -0.4 is 11.1 Å². The van der Waals surface area contributed by atoms with Gasteiger partial charge < -0.3 is 11.1 Å². The summed E-state index contributed by atoms with van der Waals surface area (Å²) in [6, 6.07) is 7.96. The lowest BCUT2D eigenvalue weighted by molar-refractivity contribution is -0.123. The highest BCUT2D eigenvalue weighted by Gasteiger charge is 2.45. The minimum atomic E-state index is -0.624. The molecular formula is C14H19Cl2N5O. The van der Waals surface area contributed by atoms with Crippen LogP contribution in [-0.2, 0) is 17.9 Å². The zero-order chi connectivity index (χ0) is 14.0. The van der Waals surface area contributed by atoms with Crippen molar-refractivity contribution in [1.29, 1.82) is 0 Å². The van der Waals surface area contributed by atoms with Crippen molar-refractivity contribution in [2.24, 2.45) is 5.73 Å². The Morgan fingerprint density at radius 3 is 2.55 bits per heavy atom. The van der Waals surface area contributed by atoms with Crippen molar-refractivity contribution in [3.8, 4) is 0 Å². The maximum Gasteiger partial charge on any atom is 0.240 e. The Kier molecular flexibility index (Phi) is 6.34. The smallest absolute Gasteiger partial charge is 0.240 e. The van der Waals surface area contributed by atoms with Gasteiger partial charge >= 0.3 is 0 Å². The molecule has 1 aromatic carbocycles. The van der Waals surface area contributed by atoms with E-state index in [9.17, 15) is 4.79 Å². The molecule has 0 radical (unpaired) electrons. The van der Waals surface area contributed by atoms with E-state index < -0.39 is 5.54 Å². The van der Waals surface area contributed by atoms with Gasteiger partial charge in [0.1, 0.15) is 12.7 Å². The minimum absolute atomic E-state index is 0. The average molecular weight is 344 g/mol. The first-order valence-electron chi connectivity index (χ1n) is 6.64. The zero-order valence-electron chi connectivity index (χ0n) is 11.9. The molecule has 1 aromatic heterocycles. The predicted molar refractivity (Wildman–Crippen MR) is 88.1 cm³/mol. The number of rotatable bonds is 5. The molecule has 0 aliphatic heterocycles. The highest BCUT2D eigenvalue weighted by molar-refractivity contribution is 5.88. The number of carbonyl (C=O) groups is 1. The van der Waals surface area contributed by atoms with Crippen LogP contribution in [0.3, 0.4) is 0 Å². The summed E-state index contributed by atoms with van der Waals surface area (Å²) in [7, 11) is 0. The second-order valence-electron chi connectivity index (χ2n) is 5.20. The van der Waals surface area contributed by atoms with Gasteiger partial charge in [-0.05, 0) is 24.0 Å². The van der Waals surface area contributed by atoms with Crippen LogP contribution in [0.2, 0.25) is 0 Å². The van der Waals surface area contributed by atoms with Crippen LogP contribution in [0, 0.1) is 0 Å². The van der Waals surface area contributed by atoms with Gasteiger partial charge in [0.05, 0.1) is 12.1 Å². The third-order valence-corrected chi connectivity index (χ3v) is 3.60. The monoisotopic (exact) mass is 343 g/mol. The van der Waals surface area contributed by atoms with Crippen LogP contribution >= 0.6 is 24.8 Å². The van der Waals surface area contributed by atoms with E-state index in [2.05, 4.69) is 15.4 Å². The molecule has 8 heteroatoms. The number of nitrogens with one attached hydrogen (secondary N) is 1. The largest absolute Gasteiger partial charge is 0.350 e. The molecular weight excluding hydrogens is 325 g/mol. The first-order chi connectivity index (χ1) is 9.67. The van der Waals surface area contributed by atoms with Crippen molar-refractivity contribution in [2.75, 3.05) is 0 Å². The Hall–Kier alpha value is -1.63. The van der Waals surface area contributed by atoms with Crippen LogP contribution in [-0.4, -0.2) is 26.2 Å². The third kappa shape index (κ3) is 4.19. The number of nitrogens with zero attached hydrogens (tertiary/aromatic N) is 3. The summed E-state index contributed by atoms with van der Waals surface area (Å²) in [5.41, 5.74) is 7.42. The van der Waals surface area contributed by atoms with Crippen LogP contribution in [0.4, 0.5) is 0 Å². The van der Waals surface area contributed by atoms with Gasteiger partial charge in [-0.3, -0.25) is 4.79 Å². The van der Waals surface area contributed by atoms with Crippen LogP contribution in [0.5, 0.6) is 0 Å². The first-order valence-corrected chi connectivity index (χ1v) is 6.64. The Morgan fingerprint density at radius 1 is 1.27 bits per heavy atom. The molecule has 0 atom stereocenters. The van der Waals surface area contributed by atoms with E-state index in [-0.39, 0.29) is 30.7 Å². The number of amides is 1. The SMILES string of the molecule is Cl.Cl.NC1(C(=O)NCc2ccccc2Cn2cncn2)CC1. The standard InChI is InChI=1S/C14H17N5O.2ClH/c15-14(5-6-14)13(20)17-7-11-3-1-2-4-12(11)8-19-10-16-9-18-19;;/h1-4,9-10H,5-8,15H2,(H,17,20);2*1H. The number of hydrogen-bond donors (Lipinski definition) is 2. The summed E-state index contributed by atoms with van der Waals surface area (Å²) in [6.45, 7) is 1.13. The Bertz CT molecular complexity index is 613. The highest BCUT2D eigenvalue weighted by Crippen LogP contribution is 2.32. The number of carbonyl (C=O) groups excluding carboxylic acids is 1. The molecule has 1 aliphatic carbocycles. The van der Waals surface area contributed by atoms with E-state index >= 15 is 0 Å². The molecule has 0 bridgehead atoms. The van der Waals surface area contributed by atoms with Gasteiger partial charge in [0.25, 0.3) is 0 Å². The van der Waals surface area contributed by atoms with E-state index in [1.165, 1.54) is 6.33 Å². The number of hydrogen-bond acceptors (Lipinski definition) is 4. The molecule has 22 heavy (non-hydrogen) atoms. The van der Waals surface area contributed by atoms with Crippen LogP contribution in [0.25, 0.3) is 0 Å².